The van der Waals surface area contributed by atoms with Crippen molar-refractivity contribution >= 4 is 23.3 Å². The second kappa shape index (κ2) is 12.5. The van der Waals surface area contributed by atoms with Gasteiger partial charge >= 0.3 is 6.03 Å². The average Bonchev–Trinajstić information content (AvgIpc) is 3.26. The summed E-state index contributed by atoms with van der Waals surface area (Å²) in [5, 5.41) is 16.3. The number of carbonyl (C=O) groups excluding carboxylic acids is 2. The molecule has 1 aromatic heterocycles. The average molecular weight is 467 g/mol. The van der Waals surface area contributed by atoms with Crippen LogP contribution >= 0.6 is 0 Å². The lowest BCUT2D eigenvalue weighted by Crippen LogP contribution is -2.24. The first-order chi connectivity index (χ1) is 16.5. The molecule has 0 atom stereocenters. The van der Waals surface area contributed by atoms with Gasteiger partial charge in [-0.05, 0) is 56.2 Å². The van der Waals surface area contributed by atoms with Gasteiger partial charge in [-0.15, -0.1) is 5.10 Å². The highest BCUT2D eigenvalue weighted by Gasteiger charge is 2.14. The van der Waals surface area contributed by atoms with Crippen LogP contribution in [0.1, 0.15) is 35.5 Å². The molecule has 34 heavy (non-hydrogen) atoms. The van der Waals surface area contributed by atoms with Gasteiger partial charge in [0.2, 0.25) is 0 Å². The first-order valence-electron chi connectivity index (χ1n) is 11.1. The molecule has 0 aliphatic rings. The van der Waals surface area contributed by atoms with E-state index in [0.717, 1.165) is 11.1 Å². The number of ether oxygens (including phenoxy) is 2. The summed E-state index contributed by atoms with van der Waals surface area (Å²) in [5.41, 5.74) is 3.39. The highest BCUT2D eigenvalue weighted by molar-refractivity contribution is 5.99. The summed E-state index contributed by atoms with van der Waals surface area (Å²) < 4.78 is 12.5. The lowest BCUT2D eigenvalue weighted by Gasteiger charge is -2.16. The van der Waals surface area contributed by atoms with Crippen LogP contribution in [0.5, 0.6) is 0 Å². The van der Waals surface area contributed by atoms with E-state index >= 15 is 0 Å². The Morgan fingerprint density at radius 2 is 1.68 bits per heavy atom. The van der Waals surface area contributed by atoms with Gasteiger partial charge in [0.25, 0.3) is 5.91 Å². The third-order valence-corrected chi connectivity index (χ3v) is 4.73. The van der Waals surface area contributed by atoms with E-state index in [9.17, 15) is 9.59 Å². The zero-order chi connectivity index (χ0) is 24.3. The van der Waals surface area contributed by atoms with Crippen LogP contribution in [0.15, 0.2) is 54.7 Å². The molecule has 0 bridgehead atoms. The fourth-order valence-electron chi connectivity index (χ4n) is 3.22. The van der Waals surface area contributed by atoms with Crippen LogP contribution in [0.4, 0.5) is 16.2 Å². The van der Waals surface area contributed by atoms with Gasteiger partial charge in [-0.3, -0.25) is 4.79 Å². The van der Waals surface area contributed by atoms with Crippen molar-refractivity contribution in [2.75, 3.05) is 23.8 Å². The van der Waals surface area contributed by atoms with Crippen molar-refractivity contribution in [2.45, 2.75) is 40.2 Å². The summed E-state index contributed by atoms with van der Waals surface area (Å²) in [6, 6.07) is 14.4. The lowest BCUT2D eigenvalue weighted by atomic mass is 10.2. The number of anilines is 2. The minimum absolute atomic E-state index is 0.193. The predicted molar refractivity (Wildman–Crippen MR) is 128 cm³/mol. The number of aryl methyl sites for hydroxylation is 1. The minimum atomic E-state index is -0.453. The first-order valence-corrected chi connectivity index (χ1v) is 11.1. The van der Waals surface area contributed by atoms with Gasteiger partial charge in [-0.25, -0.2) is 9.48 Å². The number of benzene rings is 2. The number of rotatable bonds is 11. The van der Waals surface area contributed by atoms with Crippen molar-refractivity contribution in [2.24, 2.45) is 0 Å². The van der Waals surface area contributed by atoms with Crippen LogP contribution in [0.3, 0.4) is 0 Å². The molecule has 3 amide bonds. The molecule has 180 valence electrons. The van der Waals surface area contributed by atoms with E-state index in [0.29, 0.717) is 31.1 Å². The number of hydrogen-bond donors (Lipinski definition) is 3. The van der Waals surface area contributed by atoms with E-state index in [1.165, 1.54) is 4.68 Å². The van der Waals surface area contributed by atoms with Crippen LogP contribution in [-0.2, 0) is 22.6 Å². The number of urea groups is 1. The van der Waals surface area contributed by atoms with E-state index in [1.54, 1.807) is 18.3 Å². The molecular weight excluding hydrogens is 436 g/mol. The molecule has 0 saturated heterocycles. The topological polar surface area (TPSA) is 119 Å². The monoisotopic (exact) mass is 466 g/mol. The largest absolute Gasteiger partial charge is 0.351 e. The van der Waals surface area contributed by atoms with Crippen LogP contribution in [0.25, 0.3) is 0 Å². The Morgan fingerprint density at radius 3 is 2.35 bits per heavy atom. The second-order valence-electron chi connectivity index (χ2n) is 7.50. The van der Waals surface area contributed by atoms with Crippen molar-refractivity contribution in [1.82, 2.24) is 20.3 Å². The standard InChI is InChI=1S/C24H30N6O4/c1-4-33-22(34-5-2)16-30-15-21(28-29-30)23(31)25-14-18-9-7-11-20(13-18)27-24(32)26-19-10-6-8-17(3)12-19/h6-13,15,22H,4-5,14,16H2,1-3H3,(H,25,31)(H2,26,27,32). The van der Waals surface area contributed by atoms with Crippen molar-refractivity contribution in [3.63, 3.8) is 0 Å². The third-order valence-electron chi connectivity index (χ3n) is 4.73. The smallest absolute Gasteiger partial charge is 0.323 e. The maximum atomic E-state index is 12.5. The molecule has 0 unspecified atom stereocenters. The number of carbonyl (C=O) groups is 2. The lowest BCUT2D eigenvalue weighted by molar-refractivity contribution is -0.145. The summed E-state index contributed by atoms with van der Waals surface area (Å²) in [4.78, 5) is 24.8. The molecule has 0 aliphatic heterocycles. The molecule has 3 rings (SSSR count). The van der Waals surface area contributed by atoms with Crippen molar-refractivity contribution in [3.8, 4) is 0 Å². The maximum Gasteiger partial charge on any atom is 0.323 e. The molecule has 0 radical (unpaired) electrons. The van der Waals surface area contributed by atoms with Crippen LogP contribution in [-0.4, -0.2) is 46.4 Å². The molecule has 2 aromatic carbocycles. The summed E-state index contributed by atoms with van der Waals surface area (Å²) in [5.74, 6) is -0.355. The zero-order valence-corrected chi connectivity index (χ0v) is 19.6. The Hall–Kier alpha value is -3.76. The Kier molecular flexibility index (Phi) is 9.12. The van der Waals surface area contributed by atoms with Gasteiger partial charge < -0.3 is 25.4 Å². The van der Waals surface area contributed by atoms with Gasteiger partial charge in [0, 0.05) is 31.1 Å². The number of amides is 3. The van der Waals surface area contributed by atoms with E-state index < -0.39 is 6.29 Å². The molecule has 10 heteroatoms. The molecule has 0 saturated carbocycles. The highest BCUT2D eigenvalue weighted by Crippen LogP contribution is 2.13. The minimum Gasteiger partial charge on any atom is -0.351 e. The molecule has 3 N–H and O–H groups in total. The van der Waals surface area contributed by atoms with Crippen molar-refractivity contribution in [1.29, 1.82) is 0 Å². The van der Waals surface area contributed by atoms with E-state index in [-0.39, 0.29) is 24.2 Å². The second-order valence-corrected chi connectivity index (χ2v) is 7.50. The summed E-state index contributed by atoms with van der Waals surface area (Å²) >= 11 is 0. The van der Waals surface area contributed by atoms with Crippen molar-refractivity contribution in [3.05, 3.63) is 71.5 Å². The van der Waals surface area contributed by atoms with E-state index in [2.05, 4.69) is 26.3 Å². The van der Waals surface area contributed by atoms with Gasteiger partial charge in [0.05, 0.1) is 12.7 Å². The Labute approximate surface area is 198 Å². The quantitative estimate of drug-likeness (QED) is 0.372. The fourth-order valence-corrected chi connectivity index (χ4v) is 3.22. The highest BCUT2D eigenvalue weighted by atomic mass is 16.7. The normalized spacial score (nSPS) is 10.8. The Balaban J connectivity index is 1.52. The molecule has 0 aliphatic carbocycles. The summed E-state index contributed by atoms with van der Waals surface area (Å²) in [7, 11) is 0. The summed E-state index contributed by atoms with van der Waals surface area (Å²) in [6.45, 7) is 7.34. The SMILES string of the molecule is CCOC(Cn1cc(C(=O)NCc2cccc(NC(=O)Nc3cccc(C)c3)c2)nn1)OCC. The third kappa shape index (κ3) is 7.68. The van der Waals surface area contributed by atoms with Gasteiger partial charge in [0.1, 0.15) is 0 Å². The van der Waals surface area contributed by atoms with E-state index in [4.69, 9.17) is 9.47 Å². The van der Waals surface area contributed by atoms with Gasteiger partial charge in [-0.2, -0.15) is 0 Å². The van der Waals surface area contributed by atoms with Crippen molar-refractivity contribution < 1.29 is 19.1 Å². The first kappa shape index (κ1) is 24.9. The Morgan fingerprint density at radius 1 is 1.00 bits per heavy atom. The number of nitrogens with zero attached hydrogens (tertiary/aromatic N) is 3. The fraction of sp³-hybridized carbons (Fsp3) is 0.333. The molecular formula is C24H30N6O4. The summed E-state index contributed by atoms with van der Waals surface area (Å²) in [6.07, 6.45) is 1.10. The van der Waals surface area contributed by atoms with Gasteiger partial charge in [-0.1, -0.05) is 29.5 Å². The zero-order valence-electron chi connectivity index (χ0n) is 19.6. The molecule has 0 fully saturated rings. The maximum absolute atomic E-state index is 12.5. The number of hydrogen-bond acceptors (Lipinski definition) is 6. The van der Waals surface area contributed by atoms with Crippen LogP contribution in [0.2, 0.25) is 0 Å². The predicted octanol–water partition coefficient (Wildman–Crippen LogP) is 3.56. The number of aromatic nitrogens is 3. The molecule has 3 aromatic rings. The van der Waals surface area contributed by atoms with Gasteiger partial charge in [0.15, 0.2) is 12.0 Å². The molecule has 1 heterocycles. The van der Waals surface area contributed by atoms with Crippen LogP contribution in [0, 0.1) is 6.92 Å². The Bertz CT molecular complexity index is 1090. The molecule has 0 spiro atoms. The van der Waals surface area contributed by atoms with Crippen LogP contribution < -0.4 is 16.0 Å². The molecule has 10 nitrogen and oxygen atoms in total. The van der Waals surface area contributed by atoms with E-state index in [1.807, 2.05) is 57.2 Å². The number of nitrogens with one attached hydrogen (secondary N) is 3.